The Morgan fingerprint density at radius 1 is 1.03 bits per heavy atom. The Labute approximate surface area is 197 Å². The molecular formula is C27H26N2O5. The Balaban J connectivity index is 1.28. The van der Waals surface area contributed by atoms with Crippen LogP contribution in [0, 0.1) is 0 Å². The summed E-state index contributed by atoms with van der Waals surface area (Å²) in [4.78, 5) is 16.9. The Morgan fingerprint density at radius 2 is 1.82 bits per heavy atom. The number of fused-ring (bicyclic) bond motifs is 1. The molecule has 1 aromatic heterocycles. The van der Waals surface area contributed by atoms with Gasteiger partial charge >= 0.3 is 5.97 Å². The maximum absolute atomic E-state index is 11.5. The minimum Gasteiger partial charge on any atom is -0.507 e. The van der Waals surface area contributed by atoms with E-state index in [4.69, 9.17) is 9.57 Å². The third kappa shape index (κ3) is 5.56. The molecule has 174 valence electrons. The van der Waals surface area contributed by atoms with Crippen LogP contribution in [-0.2, 0) is 16.1 Å². The lowest BCUT2D eigenvalue weighted by Gasteiger charge is -2.08. The van der Waals surface area contributed by atoms with E-state index < -0.39 is 5.97 Å². The smallest absolute Gasteiger partial charge is 0.341 e. The third-order valence-corrected chi connectivity index (χ3v) is 5.30. The van der Waals surface area contributed by atoms with Crippen LogP contribution in [0.4, 0.5) is 0 Å². The number of aromatic nitrogens is 1. The van der Waals surface area contributed by atoms with Crippen LogP contribution in [0.3, 0.4) is 0 Å². The highest BCUT2D eigenvalue weighted by molar-refractivity contribution is 5.99. The van der Waals surface area contributed by atoms with E-state index >= 15 is 0 Å². The van der Waals surface area contributed by atoms with Crippen molar-refractivity contribution in [2.24, 2.45) is 5.16 Å². The molecule has 7 heteroatoms. The lowest BCUT2D eigenvalue weighted by Crippen LogP contribution is -2.03. The standard InChI is InChI=1S/C27H26N2O5/c1-32-27(31)24-13-12-22(16-26(24)30)33-14-7-15-34-28-17-21-19-29(18-20-8-3-2-4-9-20)25-11-6-5-10-23(21)25/h2-6,8-13,16-17,19,30H,7,14-15,18H2,1H3/b28-17+. The van der Waals surface area contributed by atoms with E-state index in [0.717, 1.165) is 23.0 Å². The van der Waals surface area contributed by atoms with Crippen LogP contribution in [0.1, 0.15) is 27.9 Å². The number of oxime groups is 1. The van der Waals surface area contributed by atoms with Crippen LogP contribution in [-0.4, -0.2) is 42.2 Å². The number of ether oxygens (including phenoxy) is 2. The summed E-state index contributed by atoms with van der Waals surface area (Å²) in [5.74, 6) is -0.324. The first-order valence-electron chi connectivity index (χ1n) is 11.0. The lowest BCUT2D eigenvalue weighted by atomic mass is 10.2. The van der Waals surface area contributed by atoms with Crippen LogP contribution in [0.2, 0.25) is 0 Å². The fourth-order valence-electron chi connectivity index (χ4n) is 3.63. The van der Waals surface area contributed by atoms with Gasteiger partial charge in [-0.05, 0) is 23.8 Å². The molecule has 0 fully saturated rings. The molecule has 0 unspecified atom stereocenters. The summed E-state index contributed by atoms with van der Waals surface area (Å²) in [6, 6.07) is 23.0. The summed E-state index contributed by atoms with van der Waals surface area (Å²) in [5.41, 5.74) is 3.46. The van der Waals surface area contributed by atoms with Gasteiger partial charge in [0.2, 0.25) is 0 Å². The molecule has 0 aliphatic heterocycles. The molecule has 3 aromatic carbocycles. The number of hydrogen-bond acceptors (Lipinski definition) is 6. The zero-order valence-electron chi connectivity index (χ0n) is 18.9. The number of phenolic OH excluding ortho intramolecular Hbond substituents is 1. The fraction of sp³-hybridized carbons (Fsp3) is 0.185. The van der Waals surface area contributed by atoms with Gasteiger partial charge in [0.25, 0.3) is 0 Å². The van der Waals surface area contributed by atoms with Gasteiger partial charge in [0.1, 0.15) is 23.7 Å². The van der Waals surface area contributed by atoms with Crippen molar-refractivity contribution in [1.29, 1.82) is 0 Å². The normalized spacial score (nSPS) is 11.1. The summed E-state index contributed by atoms with van der Waals surface area (Å²) >= 11 is 0. The Morgan fingerprint density at radius 3 is 2.62 bits per heavy atom. The van der Waals surface area contributed by atoms with Gasteiger partial charge in [-0.3, -0.25) is 0 Å². The van der Waals surface area contributed by atoms with Gasteiger partial charge in [-0.25, -0.2) is 4.79 Å². The average Bonchev–Trinajstić information content (AvgIpc) is 3.21. The first kappa shape index (κ1) is 22.9. The molecular weight excluding hydrogens is 432 g/mol. The minimum atomic E-state index is -0.599. The summed E-state index contributed by atoms with van der Waals surface area (Å²) in [5, 5.41) is 15.1. The van der Waals surface area contributed by atoms with Crippen molar-refractivity contribution in [2.75, 3.05) is 20.3 Å². The highest BCUT2D eigenvalue weighted by atomic mass is 16.6. The van der Waals surface area contributed by atoms with Gasteiger partial charge in [0.05, 0.1) is 19.9 Å². The molecule has 4 aromatic rings. The first-order valence-corrected chi connectivity index (χ1v) is 11.0. The van der Waals surface area contributed by atoms with E-state index in [9.17, 15) is 9.90 Å². The predicted octanol–water partition coefficient (Wildman–Crippen LogP) is 5.00. The number of para-hydroxylation sites is 1. The SMILES string of the molecule is COC(=O)c1ccc(OCCCO/N=C/c2cn(Cc3ccccc3)c3ccccc23)cc1O. The molecule has 1 heterocycles. The van der Waals surface area contributed by atoms with Crippen LogP contribution < -0.4 is 4.74 Å². The molecule has 0 amide bonds. The number of carbonyl (C=O) groups excluding carboxylic acids is 1. The zero-order chi connectivity index (χ0) is 23.8. The first-order chi connectivity index (χ1) is 16.7. The van der Waals surface area contributed by atoms with Crippen molar-refractivity contribution in [3.63, 3.8) is 0 Å². The van der Waals surface area contributed by atoms with Crippen LogP contribution in [0.25, 0.3) is 10.9 Å². The predicted molar refractivity (Wildman–Crippen MR) is 131 cm³/mol. The number of rotatable bonds is 10. The van der Waals surface area contributed by atoms with Gasteiger partial charge in [-0.2, -0.15) is 0 Å². The molecule has 0 saturated heterocycles. The summed E-state index contributed by atoms with van der Waals surface area (Å²) < 4.78 is 12.4. The molecule has 0 saturated carbocycles. The quantitative estimate of drug-likeness (QED) is 0.156. The second kappa shape index (κ2) is 11.0. The van der Waals surface area contributed by atoms with E-state index in [2.05, 4.69) is 44.9 Å². The number of benzene rings is 3. The average molecular weight is 459 g/mol. The molecule has 0 bridgehead atoms. The Kier molecular flexibility index (Phi) is 7.45. The lowest BCUT2D eigenvalue weighted by molar-refractivity contribution is 0.0597. The van der Waals surface area contributed by atoms with E-state index in [-0.39, 0.29) is 11.3 Å². The zero-order valence-corrected chi connectivity index (χ0v) is 18.9. The molecule has 0 radical (unpaired) electrons. The van der Waals surface area contributed by atoms with Crippen molar-refractivity contribution in [2.45, 2.75) is 13.0 Å². The molecule has 4 rings (SSSR count). The van der Waals surface area contributed by atoms with Gasteiger partial charge in [0.15, 0.2) is 0 Å². The summed E-state index contributed by atoms with van der Waals surface area (Å²) in [6.07, 6.45) is 4.42. The number of aromatic hydroxyl groups is 1. The van der Waals surface area contributed by atoms with E-state index in [1.807, 2.05) is 30.3 Å². The van der Waals surface area contributed by atoms with Gasteiger partial charge in [0, 0.05) is 41.7 Å². The number of phenols is 1. The number of nitrogens with zero attached hydrogens (tertiary/aromatic N) is 2. The molecule has 7 nitrogen and oxygen atoms in total. The largest absolute Gasteiger partial charge is 0.507 e. The van der Waals surface area contributed by atoms with E-state index in [1.54, 1.807) is 12.3 Å². The molecule has 1 N–H and O–H groups in total. The van der Waals surface area contributed by atoms with E-state index in [1.165, 1.54) is 24.8 Å². The summed E-state index contributed by atoms with van der Waals surface area (Å²) in [7, 11) is 1.26. The number of carbonyl (C=O) groups is 1. The second-order valence-electron chi connectivity index (χ2n) is 7.66. The third-order valence-electron chi connectivity index (χ3n) is 5.30. The number of methoxy groups -OCH3 is 1. The number of esters is 1. The van der Waals surface area contributed by atoms with Crippen LogP contribution in [0.5, 0.6) is 11.5 Å². The van der Waals surface area contributed by atoms with Crippen LogP contribution in [0.15, 0.2) is 84.1 Å². The fourth-order valence-corrected chi connectivity index (χ4v) is 3.63. The Bertz CT molecular complexity index is 1280. The van der Waals surface area contributed by atoms with Gasteiger partial charge < -0.3 is 24.0 Å². The highest BCUT2D eigenvalue weighted by Gasteiger charge is 2.12. The maximum Gasteiger partial charge on any atom is 0.341 e. The second-order valence-corrected chi connectivity index (χ2v) is 7.66. The monoisotopic (exact) mass is 458 g/mol. The van der Waals surface area contributed by atoms with Crippen molar-refractivity contribution in [1.82, 2.24) is 4.57 Å². The molecule has 0 aliphatic rings. The van der Waals surface area contributed by atoms with E-state index in [0.29, 0.717) is 25.4 Å². The van der Waals surface area contributed by atoms with Gasteiger partial charge in [-0.15, -0.1) is 0 Å². The number of hydrogen-bond donors (Lipinski definition) is 1. The van der Waals surface area contributed by atoms with Crippen molar-refractivity contribution < 1.29 is 24.2 Å². The molecule has 0 atom stereocenters. The summed E-state index contributed by atoms with van der Waals surface area (Å²) in [6.45, 7) is 1.54. The Hall–Kier alpha value is -4.26. The van der Waals surface area contributed by atoms with Crippen molar-refractivity contribution in [3.8, 4) is 11.5 Å². The molecule has 34 heavy (non-hydrogen) atoms. The topological polar surface area (TPSA) is 82.3 Å². The van der Waals surface area contributed by atoms with Gasteiger partial charge in [-0.1, -0.05) is 53.7 Å². The molecule has 0 spiro atoms. The van der Waals surface area contributed by atoms with Crippen molar-refractivity contribution >= 4 is 23.1 Å². The van der Waals surface area contributed by atoms with Crippen LogP contribution >= 0.6 is 0 Å². The minimum absolute atomic E-state index is 0.0950. The highest BCUT2D eigenvalue weighted by Crippen LogP contribution is 2.24. The van der Waals surface area contributed by atoms with Crippen molar-refractivity contribution in [3.05, 3.63) is 95.7 Å². The molecule has 0 aliphatic carbocycles. The maximum atomic E-state index is 11.5.